The molecule has 0 bridgehead atoms. The molecule has 2 rings (SSSR count). The molecule has 0 aliphatic rings. The highest BCUT2D eigenvalue weighted by Gasteiger charge is 2.16. The molecule has 0 spiro atoms. The van der Waals surface area contributed by atoms with Gasteiger partial charge in [-0.15, -0.1) is 11.6 Å². The maximum Gasteiger partial charge on any atom is 0.147 e. The number of benzene rings is 1. The van der Waals surface area contributed by atoms with Crippen molar-refractivity contribution in [3.63, 3.8) is 0 Å². The van der Waals surface area contributed by atoms with Crippen LogP contribution in [0.1, 0.15) is 32.0 Å². The number of fused-ring (bicyclic) bond motifs is 1. The zero-order valence-electron chi connectivity index (χ0n) is 10.4. The number of rotatable bonds is 4. The van der Waals surface area contributed by atoms with Crippen LogP contribution in [-0.4, -0.2) is 16.2 Å². The van der Waals surface area contributed by atoms with Crippen molar-refractivity contribution in [2.45, 2.75) is 32.7 Å². The van der Waals surface area contributed by atoms with E-state index in [2.05, 4.69) is 22.5 Å². The number of ether oxygens (including phenoxy) is 1. The van der Waals surface area contributed by atoms with Gasteiger partial charge in [-0.2, -0.15) is 0 Å². The van der Waals surface area contributed by atoms with Crippen LogP contribution in [0.2, 0.25) is 0 Å². The first-order chi connectivity index (χ1) is 8.19. The molecule has 1 unspecified atom stereocenters. The first-order valence-corrected chi connectivity index (χ1v) is 6.38. The molecule has 0 saturated carbocycles. The second-order valence-corrected chi connectivity index (χ2v) is 4.54. The van der Waals surface area contributed by atoms with Crippen molar-refractivity contribution in [2.75, 3.05) is 6.61 Å². The molecule has 92 valence electrons. The maximum absolute atomic E-state index is 6.16. The summed E-state index contributed by atoms with van der Waals surface area (Å²) in [7, 11) is 0. The Balaban J connectivity index is 2.67. The molecule has 1 heterocycles. The van der Waals surface area contributed by atoms with Gasteiger partial charge in [0.15, 0.2) is 0 Å². The van der Waals surface area contributed by atoms with Crippen LogP contribution in [0.4, 0.5) is 0 Å². The minimum atomic E-state index is -0.100. The highest BCUT2D eigenvalue weighted by molar-refractivity contribution is 6.20. The van der Waals surface area contributed by atoms with Gasteiger partial charge in [-0.1, -0.05) is 6.07 Å². The van der Waals surface area contributed by atoms with Gasteiger partial charge in [0.25, 0.3) is 0 Å². The van der Waals surface area contributed by atoms with Crippen LogP contribution in [-0.2, 0) is 6.54 Å². The Morgan fingerprint density at radius 2 is 2.18 bits per heavy atom. The van der Waals surface area contributed by atoms with E-state index in [1.807, 2.05) is 26.0 Å². The predicted octanol–water partition coefficient (Wildman–Crippen LogP) is 3.75. The molecule has 2 aromatic rings. The molecule has 3 nitrogen and oxygen atoms in total. The summed E-state index contributed by atoms with van der Waals surface area (Å²) in [6, 6.07) is 5.99. The molecule has 0 aliphatic heterocycles. The topological polar surface area (TPSA) is 27.1 Å². The van der Waals surface area contributed by atoms with Gasteiger partial charge in [-0.05, 0) is 32.9 Å². The first-order valence-electron chi connectivity index (χ1n) is 5.95. The number of aryl methyl sites for hydroxylation is 1. The highest BCUT2D eigenvalue weighted by Crippen LogP contribution is 2.30. The van der Waals surface area contributed by atoms with Crippen molar-refractivity contribution in [3.8, 4) is 5.75 Å². The largest absolute Gasteiger partial charge is 0.492 e. The highest BCUT2D eigenvalue weighted by atomic mass is 35.5. The fraction of sp³-hybridized carbons (Fsp3) is 0.462. The van der Waals surface area contributed by atoms with Crippen LogP contribution < -0.4 is 4.74 Å². The molecule has 0 saturated heterocycles. The van der Waals surface area contributed by atoms with E-state index >= 15 is 0 Å². The molecular formula is C13H17ClN2O. The normalized spacial score (nSPS) is 12.9. The Morgan fingerprint density at radius 1 is 1.41 bits per heavy atom. The van der Waals surface area contributed by atoms with Crippen molar-refractivity contribution >= 4 is 22.6 Å². The van der Waals surface area contributed by atoms with Gasteiger partial charge in [-0.3, -0.25) is 0 Å². The summed E-state index contributed by atoms with van der Waals surface area (Å²) < 4.78 is 7.73. The van der Waals surface area contributed by atoms with Crippen molar-refractivity contribution in [1.82, 2.24) is 9.55 Å². The van der Waals surface area contributed by atoms with Crippen LogP contribution in [0, 0.1) is 0 Å². The van der Waals surface area contributed by atoms with E-state index in [4.69, 9.17) is 16.3 Å². The fourth-order valence-electron chi connectivity index (χ4n) is 2.05. The van der Waals surface area contributed by atoms with E-state index in [-0.39, 0.29) is 5.38 Å². The van der Waals surface area contributed by atoms with Gasteiger partial charge in [-0.25, -0.2) is 4.98 Å². The lowest BCUT2D eigenvalue weighted by molar-refractivity contribution is 0.343. The minimum Gasteiger partial charge on any atom is -0.492 e. The molecule has 0 amide bonds. The Hall–Kier alpha value is -1.22. The van der Waals surface area contributed by atoms with Gasteiger partial charge in [0.1, 0.15) is 17.1 Å². The van der Waals surface area contributed by atoms with E-state index < -0.39 is 0 Å². The molecular weight excluding hydrogens is 236 g/mol. The standard InChI is InChI=1S/C13H17ClN2O/c1-4-16-10-7-6-8-11(17-5-2)12(10)15-13(16)9(3)14/h6-9H,4-5H2,1-3H3. The first kappa shape index (κ1) is 12.2. The number of imidazole rings is 1. The van der Waals surface area contributed by atoms with Gasteiger partial charge < -0.3 is 9.30 Å². The molecule has 0 N–H and O–H groups in total. The van der Waals surface area contributed by atoms with Crippen LogP contribution in [0.5, 0.6) is 5.75 Å². The van der Waals surface area contributed by atoms with Crippen molar-refractivity contribution < 1.29 is 4.74 Å². The van der Waals surface area contributed by atoms with E-state index in [9.17, 15) is 0 Å². The fourth-order valence-corrected chi connectivity index (χ4v) is 2.21. The number of alkyl halides is 1. The summed E-state index contributed by atoms with van der Waals surface area (Å²) in [4.78, 5) is 4.61. The maximum atomic E-state index is 6.16. The van der Waals surface area contributed by atoms with Crippen molar-refractivity contribution in [2.24, 2.45) is 0 Å². The molecule has 1 aromatic heterocycles. The smallest absolute Gasteiger partial charge is 0.147 e. The zero-order chi connectivity index (χ0) is 12.4. The molecule has 17 heavy (non-hydrogen) atoms. The predicted molar refractivity (Wildman–Crippen MR) is 70.8 cm³/mol. The Bertz CT molecular complexity index is 519. The number of aromatic nitrogens is 2. The summed E-state index contributed by atoms with van der Waals surface area (Å²) in [5.41, 5.74) is 1.99. The second kappa shape index (κ2) is 4.96. The van der Waals surface area contributed by atoms with Gasteiger partial charge in [0.05, 0.1) is 17.5 Å². The number of para-hydroxylation sites is 1. The van der Waals surface area contributed by atoms with E-state index in [0.717, 1.165) is 29.2 Å². The number of hydrogen-bond donors (Lipinski definition) is 0. The minimum absolute atomic E-state index is 0.100. The van der Waals surface area contributed by atoms with Crippen molar-refractivity contribution in [3.05, 3.63) is 24.0 Å². The SMILES string of the molecule is CCOc1cccc2c1nc(C(C)Cl)n2CC. The Labute approximate surface area is 106 Å². The summed E-state index contributed by atoms with van der Waals surface area (Å²) in [6.45, 7) is 7.51. The Morgan fingerprint density at radius 3 is 2.76 bits per heavy atom. The van der Waals surface area contributed by atoms with Crippen molar-refractivity contribution in [1.29, 1.82) is 0 Å². The Kier molecular flexibility index (Phi) is 3.57. The monoisotopic (exact) mass is 252 g/mol. The quantitative estimate of drug-likeness (QED) is 0.775. The molecule has 0 aliphatic carbocycles. The van der Waals surface area contributed by atoms with Crippen LogP contribution >= 0.6 is 11.6 Å². The number of halogens is 1. The molecule has 1 atom stereocenters. The van der Waals surface area contributed by atoms with E-state index in [0.29, 0.717) is 6.61 Å². The lowest BCUT2D eigenvalue weighted by Gasteiger charge is -2.07. The summed E-state index contributed by atoms with van der Waals surface area (Å²) >= 11 is 6.16. The summed E-state index contributed by atoms with van der Waals surface area (Å²) in [6.07, 6.45) is 0. The average Bonchev–Trinajstić information content (AvgIpc) is 2.69. The molecule has 1 aromatic carbocycles. The lowest BCUT2D eigenvalue weighted by Crippen LogP contribution is -2.01. The third-order valence-corrected chi connectivity index (χ3v) is 2.94. The van der Waals surface area contributed by atoms with E-state index in [1.54, 1.807) is 0 Å². The van der Waals surface area contributed by atoms with Gasteiger partial charge >= 0.3 is 0 Å². The third kappa shape index (κ3) is 2.12. The van der Waals surface area contributed by atoms with Gasteiger partial charge in [0, 0.05) is 6.54 Å². The van der Waals surface area contributed by atoms with Gasteiger partial charge in [0.2, 0.25) is 0 Å². The van der Waals surface area contributed by atoms with Crippen LogP contribution in [0.15, 0.2) is 18.2 Å². The second-order valence-electron chi connectivity index (χ2n) is 3.89. The van der Waals surface area contributed by atoms with Crippen LogP contribution in [0.3, 0.4) is 0 Å². The lowest BCUT2D eigenvalue weighted by atomic mass is 10.3. The zero-order valence-corrected chi connectivity index (χ0v) is 11.2. The molecule has 0 fully saturated rings. The third-order valence-electron chi connectivity index (χ3n) is 2.74. The summed E-state index contributed by atoms with van der Waals surface area (Å²) in [5, 5.41) is -0.100. The average molecular weight is 253 g/mol. The summed E-state index contributed by atoms with van der Waals surface area (Å²) in [5.74, 6) is 1.73. The molecule has 4 heteroatoms. The van der Waals surface area contributed by atoms with Crippen LogP contribution in [0.25, 0.3) is 11.0 Å². The number of nitrogens with zero attached hydrogens (tertiary/aromatic N) is 2. The number of hydrogen-bond acceptors (Lipinski definition) is 2. The van der Waals surface area contributed by atoms with E-state index in [1.165, 1.54) is 0 Å². The molecule has 0 radical (unpaired) electrons.